The number of likely N-dealkylation sites (tertiary alicyclic amines) is 1. The van der Waals surface area contributed by atoms with E-state index < -0.39 is 34.1 Å². The van der Waals surface area contributed by atoms with Crippen LogP contribution in [0.4, 0.5) is 15.3 Å². The zero-order chi connectivity index (χ0) is 37.5. The summed E-state index contributed by atoms with van der Waals surface area (Å²) in [6.07, 6.45) is 9.02. The van der Waals surface area contributed by atoms with E-state index in [1.165, 1.54) is 26.5 Å². The minimum Gasteiger partial charge on any atom is -0.490 e. The van der Waals surface area contributed by atoms with E-state index in [0.29, 0.717) is 30.6 Å². The number of anilines is 1. The van der Waals surface area contributed by atoms with Crippen LogP contribution in [0.1, 0.15) is 66.1 Å². The lowest BCUT2D eigenvalue weighted by molar-refractivity contribution is -0.00248. The SMILES string of the molecule is CO[C@H]1/C=C/C[C@H](C)CS(=O)(NC(=O)N2CC(OC(=O)N(C)C)C2)=NC(=O)c2ccc3c(c2)N(C[C@@H]2CC[C@H]21)C[C@@]1(CCCc2cc(C)ccc21)CO3. The Hall–Kier alpha value is -4.10. The van der Waals surface area contributed by atoms with Gasteiger partial charge < -0.3 is 28.9 Å². The quantitative estimate of drug-likeness (QED) is 0.395. The number of nitrogens with zero attached hydrogens (tertiary/aromatic N) is 4. The van der Waals surface area contributed by atoms with Gasteiger partial charge in [0.15, 0.2) is 0 Å². The molecule has 2 aromatic rings. The Labute approximate surface area is 313 Å². The molecule has 1 saturated carbocycles. The Morgan fingerprint density at radius 1 is 1.11 bits per heavy atom. The van der Waals surface area contributed by atoms with Gasteiger partial charge in [0.1, 0.15) is 21.8 Å². The molecule has 53 heavy (non-hydrogen) atoms. The molecule has 0 aromatic heterocycles. The highest BCUT2D eigenvalue weighted by Crippen LogP contribution is 2.47. The molecule has 1 saturated heterocycles. The number of aryl methyl sites for hydroxylation is 2. The molecule has 6 atom stereocenters. The first kappa shape index (κ1) is 37.2. The molecule has 7 rings (SSSR count). The monoisotopic (exact) mass is 747 g/mol. The number of hydrogen-bond donors (Lipinski definition) is 1. The Morgan fingerprint density at radius 3 is 2.66 bits per heavy atom. The van der Waals surface area contributed by atoms with Crippen LogP contribution >= 0.6 is 0 Å². The van der Waals surface area contributed by atoms with Gasteiger partial charge in [-0.1, -0.05) is 42.8 Å². The first-order valence-corrected chi connectivity index (χ1v) is 20.6. The van der Waals surface area contributed by atoms with Crippen molar-refractivity contribution in [3.05, 3.63) is 70.8 Å². The Kier molecular flexibility index (Phi) is 10.5. The fraction of sp³-hybridized carbons (Fsp3) is 0.575. The molecule has 2 aromatic carbocycles. The zero-order valence-corrected chi connectivity index (χ0v) is 32.4. The van der Waals surface area contributed by atoms with Crippen molar-refractivity contribution in [2.45, 2.75) is 70.0 Å². The van der Waals surface area contributed by atoms with Gasteiger partial charge >= 0.3 is 12.1 Å². The molecule has 1 N–H and O–H groups in total. The summed E-state index contributed by atoms with van der Waals surface area (Å²) in [4.78, 5) is 44.5. The maximum Gasteiger partial charge on any atom is 0.409 e. The predicted octanol–water partition coefficient (Wildman–Crippen LogP) is 5.72. The molecule has 1 unspecified atom stereocenters. The predicted molar refractivity (Wildman–Crippen MR) is 204 cm³/mol. The number of rotatable bonds is 3. The van der Waals surface area contributed by atoms with Crippen molar-refractivity contribution in [1.29, 1.82) is 0 Å². The van der Waals surface area contributed by atoms with Crippen LogP contribution in [-0.4, -0.2) is 104 Å². The molecule has 3 heterocycles. The van der Waals surface area contributed by atoms with Gasteiger partial charge in [0.2, 0.25) is 0 Å². The molecule has 2 fully saturated rings. The van der Waals surface area contributed by atoms with Gasteiger partial charge in [0.05, 0.1) is 37.2 Å². The number of benzene rings is 2. The Balaban J connectivity index is 1.22. The molecule has 4 amide bonds. The number of allylic oxidation sites excluding steroid dienone is 1. The third-order valence-electron chi connectivity index (χ3n) is 11.7. The molecular weight excluding hydrogens is 695 g/mol. The number of ether oxygens (including phenoxy) is 3. The molecule has 12 nitrogen and oxygen atoms in total. The number of amides is 4. The third-order valence-corrected chi connectivity index (χ3v) is 13.7. The molecule has 0 radical (unpaired) electrons. The second-order valence-electron chi connectivity index (χ2n) is 16.0. The van der Waals surface area contributed by atoms with Crippen molar-refractivity contribution in [2.75, 3.05) is 64.6 Å². The first-order valence-electron chi connectivity index (χ1n) is 18.9. The lowest BCUT2D eigenvalue weighted by atomic mass is 9.68. The van der Waals surface area contributed by atoms with Crippen molar-refractivity contribution in [1.82, 2.24) is 14.5 Å². The van der Waals surface area contributed by atoms with Crippen LogP contribution in [0.2, 0.25) is 0 Å². The van der Waals surface area contributed by atoms with E-state index in [9.17, 15) is 18.6 Å². The lowest BCUT2D eigenvalue weighted by Crippen LogP contribution is -2.59. The number of methoxy groups -OCH3 is 1. The van der Waals surface area contributed by atoms with Gasteiger partial charge in [0, 0.05) is 45.3 Å². The van der Waals surface area contributed by atoms with Gasteiger partial charge in [-0.25, -0.2) is 13.8 Å². The number of hydrogen-bond acceptors (Lipinski definition) is 8. The van der Waals surface area contributed by atoms with E-state index in [1.54, 1.807) is 27.3 Å². The van der Waals surface area contributed by atoms with Crippen molar-refractivity contribution in [2.24, 2.45) is 22.1 Å². The van der Waals surface area contributed by atoms with Gasteiger partial charge in [-0.15, -0.1) is 4.36 Å². The molecule has 5 aliphatic rings. The highest BCUT2D eigenvalue weighted by molar-refractivity contribution is 7.92. The maximum absolute atomic E-state index is 14.5. The minimum atomic E-state index is -3.56. The summed E-state index contributed by atoms with van der Waals surface area (Å²) in [5.74, 6) is 0.593. The molecular formula is C40H53N5O7S. The Morgan fingerprint density at radius 2 is 1.92 bits per heavy atom. The van der Waals surface area contributed by atoms with Crippen LogP contribution < -0.4 is 14.4 Å². The molecule has 3 aliphatic heterocycles. The standard InChI is InChI=1S/C40H53N5O7S/c1-26-11-15-33-28(18-26)9-7-17-40(33)24-45-20-30-12-14-32(30)35(50-5)10-6-8-27(2)23-53(49,41-37(46)29-13-16-36(51-25-40)34(45)19-29)42-38(47)44-21-31(22-44)52-39(48)43(3)4/h6,10-11,13,15-16,18-19,27,30-32,35H,7-9,12,14,17,20-25H2,1-5H3,(H,41,42,46,47,49)/b10-6+/t27-,30-,32+,35-,40-,53?/m0/s1. The maximum atomic E-state index is 14.5. The van der Waals surface area contributed by atoms with Crippen LogP contribution in [0.15, 0.2) is 52.9 Å². The van der Waals surface area contributed by atoms with E-state index in [1.807, 2.05) is 19.1 Å². The van der Waals surface area contributed by atoms with E-state index in [0.717, 1.165) is 50.9 Å². The summed E-state index contributed by atoms with van der Waals surface area (Å²) < 4.78 is 39.5. The largest absolute Gasteiger partial charge is 0.490 e. The second kappa shape index (κ2) is 15.0. The van der Waals surface area contributed by atoms with Crippen molar-refractivity contribution in [3.63, 3.8) is 0 Å². The normalized spacial score (nSPS) is 30.6. The highest BCUT2D eigenvalue weighted by Gasteiger charge is 2.44. The molecule has 1 spiro atoms. The summed E-state index contributed by atoms with van der Waals surface area (Å²) in [5.41, 5.74) is 4.88. The second-order valence-corrected chi connectivity index (χ2v) is 18.0. The lowest BCUT2D eigenvalue weighted by Gasteiger charge is -2.46. The van der Waals surface area contributed by atoms with Crippen LogP contribution in [0.25, 0.3) is 0 Å². The van der Waals surface area contributed by atoms with Crippen molar-refractivity contribution < 1.29 is 32.8 Å². The van der Waals surface area contributed by atoms with Gasteiger partial charge in [0.25, 0.3) is 5.91 Å². The smallest absolute Gasteiger partial charge is 0.409 e. The van der Waals surface area contributed by atoms with Crippen molar-refractivity contribution in [3.8, 4) is 5.75 Å². The molecule has 286 valence electrons. The number of urea groups is 1. The van der Waals surface area contributed by atoms with Gasteiger partial charge in [-0.05, 0) is 92.5 Å². The van der Waals surface area contributed by atoms with Crippen LogP contribution in [-0.2, 0) is 31.2 Å². The summed E-state index contributed by atoms with van der Waals surface area (Å²) >= 11 is 0. The van der Waals surface area contributed by atoms with E-state index in [-0.39, 0.29) is 41.8 Å². The summed E-state index contributed by atoms with van der Waals surface area (Å²) in [6.45, 7) is 6.45. The first-order chi connectivity index (χ1) is 25.3. The summed E-state index contributed by atoms with van der Waals surface area (Å²) in [6, 6.07) is 11.5. The molecule has 2 aliphatic carbocycles. The highest BCUT2D eigenvalue weighted by atomic mass is 32.2. The summed E-state index contributed by atoms with van der Waals surface area (Å²) in [5, 5.41) is 0. The molecule has 2 bridgehead atoms. The molecule has 13 heteroatoms. The number of fused-ring (bicyclic) bond motifs is 4. The Bertz CT molecular complexity index is 1900. The summed E-state index contributed by atoms with van der Waals surface area (Å²) in [7, 11) is 1.37. The van der Waals surface area contributed by atoms with E-state index >= 15 is 0 Å². The van der Waals surface area contributed by atoms with Crippen molar-refractivity contribution >= 4 is 33.6 Å². The van der Waals surface area contributed by atoms with E-state index in [2.05, 4.69) is 51.3 Å². The van der Waals surface area contributed by atoms with E-state index in [4.69, 9.17) is 14.2 Å². The number of nitrogens with one attached hydrogen (secondary N) is 1. The third kappa shape index (κ3) is 7.78. The van der Waals surface area contributed by atoms with Gasteiger partial charge in [-0.3, -0.25) is 9.52 Å². The fourth-order valence-corrected chi connectivity index (χ4v) is 10.5. The fourth-order valence-electron chi connectivity index (χ4n) is 8.66. The number of carbonyl (C=O) groups excluding carboxylic acids is 3. The van der Waals surface area contributed by atoms with Gasteiger partial charge in [-0.2, -0.15) is 0 Å². The van der Waals surface area contributed by atoms with Crippen LogP contribution in [0.5, 0.6) is 5.75 Å². The topological polar surface area (TPSA) is 130 Å². The van der Waals surface area contributed by atoms with Crippen LogP contribution in [0, 0.1) is 24.7 Å². The minimum absolute atomic E-state index is 0.0208. The van der Waals surface area contributed by atoms with Crippen LogP contribution in [0.3, 0.4) is 0 Å². The number of carbonyl (C=O) groups is 3. The average molecular weight is 748 g/mol. The zero-order valence-electron chi connectivity index (χ0n) is 31.5. The average Bonchev–Trinajstić information content (AvgIpc) is 3.23.